The van der Waals surface area contributed by atoms with Crippen molar-refractivity contribution in [2.75, 3.05) is 30.3 Å². The van der Waals surface area contributed by atoms with E-state index >= 15 is 0 Å². The molecule has 1 aliphatic heterocycles. The number of nitrogens with one attached hydrogen (secondary N) is 3. The van der Waals surface area contributed by atoms with Crippen molar-refractivity contribution in [3.8, 4) is 0 Å². The summed E-state index contributed by atoms with van der Waals surface area (Å²) in [6, 6.07) is 14.3. The van der Waals surface area contributed by atoms with E-state index in [9.17, 15) is 9.59 Å². The van der Waals surface area contributed by atoms with Crippen LogP contribution in [0.1, 0.15) is 19.3 Å². The number of carbonyl (C=O) groups is 2. The molecule has 1 aliphatic rings. The summed E-state index contributed by atoms with van der Waals surface area (Å²) in [4.78, 5) is 26.5. The highest BCUT2D eigenvalue weighted by molar-refractivity contribution is 6.35. The number of hydrogen-bond donors (Lipinski definition) is 3. The number of nitrogens with zero attached hydrogens (tertiary/aromatic N) is 1. The van der Waals surface area contributed by atoms with E-state index in [2.05, 4.69) is 20.9 Å². The second-order valence-electron chi connectivity index (χ2n) is 7.00. The van der Waals surface area contributed by atoms with Crippen molar-refractivity contribution in [1.29, 1.82) is 0 Å². The van der Waals surface area contributed by atoms with Crippen LogP contribution in [0.2, 0.25) is 10.0 Å². The normalized spacial score (nSPS) is 15.0. The summed E-state index contributed by atoms with van der Waals surface area (Å²) in [5, 5.41) is 9.64. The lowest BCUT2D eigenvalue weighted by Crippen LogP contribution is -2.46. The van der Waals surface area contributed by atoms with Crippen molar-refractivity contribution in [2.24, 2.45) is 0 Å². The number of para-hydroxylation sites is 1. The Balaban J connectivity index is 1.36. The third-order valence-electron chi connectivity index (χ3n) is 4.81. The van der Waals surface area contributed by atoms with Crippen LogP contribution in [0.5, 0.6) is 0 Å². The quantitative estimate of drug-likeness (QED) is 0.621. The molecule has 0 saturated carbocycles. The molecular weight excluding hydrogens is 411 g/mol. The third kappa shape index (κ3) is 6.92. The standard InChI is InChI=1S/C21H24Cl2N4O2/c22-15-6-7-18(23)19(14-15)26-20(28)10-13-27-11-8-17(9-12-27)25-21(29)24-16-4-2-1-3-5-16/h1-7,14,17H,8-13H2,(H,26,28)(H2,24,25,29). The van der Waals surface area contributed by atoms with Crippen LogP contribution in [0.4, 0.5) is 16.2 Å². The molecule has 6 nitrogen and oxygen atoms in total. The molecule has 1 saturated heterocycles. The lowest BCUT2D eigenvalue weighted by Gasteiger charge is -2.32. The van der Waals surface area contributed by atoms with Gasteiger partial charge in [-0.2, -0.15) is 0 Å². The zero-order valence-electron chi connectivity index (χ0n) is 16.0. The Morgan fingerprint density at radius 1 is 1.00 bits per heavy atom. The first kappa shape index (κ1) is 21.4. The largest absolute Gasteiger partial charge is 0.335 e. The second kappa shape index (κ2) is 10.5. The highest BCUT2D eigenvalue weighted by Crippen LogP contribution is 2.25. The van der Waals surface area contributed by atoms with Crippen LogP contribution in [0.3, 0.4) is 0 Å². The molecule has 8 heteroatoms. The fourth-order valence-electron chi connectivity index (χ4n) is 3.24. The van der Waals surface area contributed by atoms with Crippen molar-refractivity contribution in [3.63, 3.8) is 0 Å². The summed E-state index contributed by atoms with van der Waals surface area (Å²) in [6.45, 7) is 2.33. The highest BCUT2D eigenvalue weighted by atomic mass is 35.5. The SMILES string of the molecule is O=C(CCN1CCC(NC(=O)Nc2ccccc2)CC1)Nc1cc(Cl)ccc1Cl. The second-order valence-corrected chi connectivity index (χ2v) is 7.85. The number of amides is 3. The molecule has 0 aromatic heterocycles. The highest BCUT2D eigenvalue weighted by Gasteiger charge is 2.21. The average molecular weight is 435 g/mol. The molecule has 0 atom stereocenters. The smallest absolute Gasteiger partial charge is 0.319 e. The molecule has 0 unspecified atom stereocenters. The Morgan fingerprint density at radius 2 is 1.72 bits per heavy atom. The Hall–Kier alpha value is -2.28. The van der Waals surface area contributed by atoms with Crippen molar-refractivity contribution in [1.82, 2.24) is 10.2 Å². The minimum Gasteiger partial charge on any atom is -0.335 e. The molecule has 3 rings (SSSR count). The van der Waals surface area contributed by atoms with Crippen LogP contribution in [-0.2, 0) is 4.79 Å². The fraction of sp³-hybridized carbons (Fsp3) is 0.333. The maximum atomic E-state index is 12.2. The topological polar surface area (TPSA) is 73.5 Å². The van der Waals surface area contributed by atoms with Crippen LogP contribution < -0.4 is 16.0 Å². The molecule has 0 bridgehead atoms. The van der Waals surface area contributed by atoms with Crippen LogP contribution in [0.15, 0.2) is 48.5 Å². The van der Waals surface area contributed by atoms with Gasteiger partial charge in [-0.1, -0.05) is 41.4 Å². The first-order chi connectivity index (χ1) is 14.0. The zero-order chi connectivity index (χ0) is 20.6. The first-order valence-electron chi connectivity index (χ1n) is 9.59. The number of hydrogen-bond acceptors (Lipinski definition) is 3. The Bertz CT molecular complexity index is 840. The molecule has 2 aromatic carbocycles. The van der Waals surface area contributed by atoms with Crippen molar-refractivity contribution in [2.45, 2.75) is 25.3 Å². The van der Waals surface area contributed by atoms with Crippen LogP contribution in [0.25, 0.3) is 0 Å². The number of anilines is 2. The van der Waals surface area contributed by atoms with Gasteiger partial charge in [0.15, 0.2) is 0 Å². The average Bonchev–Trinajstić information content (AvgIpc) is 2.71. The maximum absolute atomic E-state index is 12.2. The molecular formula is C21H24Cl2N4O2. The predicted molar refractivity (Wildman–Crippen MR) is 118 cm³/mol. The molecule has 1 fully saturated rings. The summed E-state index contributed by atoms with van der Waals surface area (Å²) in [6.07, 6.45) is 2.07. The summed E-state index contributed by atoms with van der Waals surface area (Å²) in [5.74, 6) is -0.100. The van der Waals surface area contributed by atoms with Gasteiger partial charge in [-0.3, -0.25) is 4.79 Å². The molecule has 0 aliphatic carbocycles. The molecule has 3 amide bonds. The summed E-state index contributed by atoms with van der Waals surface area (Å²) < 4.78 is 0. The molecule has 29 heavy (non-hydrogen) atoms. The van der Waals surface area contributed by atoms with E-state index in [1.807, 2.05) is 30.3 Å². The van der Waals surface area contributed by atoms with Gasteiger partial charge in [0.1, 0.15) is 0 Å². The number of carbonyl (C=O) groups excluding carboxylic acids is 2. The number of likely N-dealkylation sites (tertiary alicyclic amines) is 1. The van der Waals surface area contributed by atoms with Gasteiger partial charge in [-0.25, -0.2) is 4.79 Å². The Labute approximate surface area is 180 Å². The van der Waals surface area contributed by atoms with E-state index < -0.39 is 0 Å². The van der Waals surface area contributed by atoms with E-state index in [1.165, 1.54) is 0 Å². The number of urea groups is 1. The van der Waals surface area contributed by atoms with Crippen LogP contribution in [-0.4, -0.2) is 42.5 Å². The minimum atomic E-state index is -0.188. The van der Waals surface area contributed by atoms with Crippen molar-refractivity contribution < 1.29 is 9.59 Å². The molecule has 3 N–H and O–H groups in total. The molecule has 1 heterocycles. The third-order valence-corrected chi connectivity index (χ3v) is 5.38. The van der Waals surface area contributed by atoms with Gasteiger partial charge in [0, 0.05) is 42.8 Å². The molecule has 2 aromatic rings. The number of rotatable bonds is 6. The number of halogens is 2. The van der Waals surface area contributed by atoms with E-state index in [4.69, 9.17) is 23.2 Å². The van der Waals surface area contributed by atoms with E-state index in [1.54, 1.807) is 18.2 Å². The molecule has 154 valence electrons. The Morgan fingerprint density at radius 3 is 2.45 bits per heavy atom. The van der Waals surface area contributed by atoms with Gasteiger partial charge < -0.3 is 20.9 Å². The summed E-state index contributed by atoms with van der Waals surface area (Å²) in [7, 11) is 0. The van der Waals surface area contributed by atoms with Crippen molar-refractivity contribution >= 4 is 46.5 Å². The summed E-state index contributed by atoms with van der Waals surface area (Å²) >= 11 is 12.0. The fourth-order valence-corrected chi connectivity index (χ4v) is 3.58. The van der Waals surface area contributed by atoms with Gasteiger partial charge in [-0.15, -0.1) is 0 Å². The lowest BCUT2D eigenvalue weighted by molar-refractivity contribution is -0.116. The lowest BCUT2D eigenvalue weighted by atomic mass is 10.1. The molecule has 0 spiro atoms. The number of benzene rings is 2. The maximum Gasteiger partial charge on any atom is 0.319 e. The first-order valence-corrected chi connectivity index (χ1v) is 10.3. The minimum absolute atomic E-state index is 0.100. The van der Waals surface area contributed by atoms with Gasteiger partial charge >= 0.3 is 6.03 Å². The number of piperidine rings is 1. The predicted octanol–water partition coefficient (Wildman–Crippen LogP) is 4.61. The van der Waals surface area contributed by atoms with Gasteiger partial charge in [0.2, 0.25) is 5.91 Å². The van der Waals surface area contributed by atoms with Gasteiger partial charge in [-0.05, 0) is 43.2 Å². The van der Waals surface area contributed by atoms with Crippen LogP contribution >= 0.6 is 23.2 Å². The monoisotopic (exact) mass is 434 g/mol. The van der Waals surface area contributed by atoms with Gasteiger partial charge in [0.25, 0.3) is 0 Å². The summed E-state index contributed by atoms with van der Waals surface area (Å²) in [5.41, 5.74) is 1.30. The van der Waals surface area contributed by atoms with Crippen LogP contribution in [0, 0.1) is 0 Å². The van der Waals surface area contributed by atoms with E-state index in [0.29, 0.717) is 28.7 Å². The van der Waals surface area contributed by atoms with Crippen molar-refractivity contribution in [3.05, 3.63) is 58.6 Å². The molecule has 0 radical (unpaired) electrons. The van der Waals surface area contributed by atoms with E-state index in [0.717, 1.165) is 31.6 Å². The van der Waals surface area contributed by atoms with Gasteiger partial charge in [0.05, 0.1) is 10.7 Å². The Kier molecular flexibility index (Phi) is 7.75. The van der Waals surface area contributed by atoms with E-state index in [-0.39, 0.29) is 18.0 Å². The zero-order valence-corrected chi connectivity index (χ0v) is 17.5.